The number of hydrogen-bond donors (Lipinski definition) is 1. The summed E-state index contributed by atoms with van der Waals surface area (Å²) in [7, 11) is 1.38. The summed E-state index contributed by atoms with van der Waals surface area (Å²) in [6.45, 7) is 7.60. The fraction of sp³-hybridized carbons (Fsp3) is 0.310. The van der Waals surface area contributed by atoms with Crippen molar-refractivity contribution in [2.75, 3.05) is 13.7 Å². The molecule has 1 heterocycles. The van der Waals surface area contributed by atoms with Gasteiger partial charge in [0, 0.05) is 18.0 Å². The van der Waals surface area contributed by atoms with Crippen LogP contribution in [0.1, 0.15) is 43.7 Å². The van der Waals surface area contributed by atoms with Gasteiger partial charge in [0.1, 0.15) is 6.04 Å². The second-order valence-electron chi connectivity index (χ2n) is 9.12. The minimum absolute atomic E-state index is 0.0264. The average Bonchev–Trinajstić information content (AvgIpc) is 2.85. The Labute approximate surface area is 212 Å². The van der Waals surface area contributed by atoms with Crippen LogP contribution in [-0.2, 0) is 28.9 Å². The van der Waals surface area contributed by atoms with E-state index in [9.17, 15) is 9.59 Å². The number of hydrogen-bond acceptors (Lipinski definition) is 5. The number of carbonyl (C=O) groups excluding carboxylic acids is 2. The van der Waals surface area contributed by atoms with Crippen molar-refractivity contribution in [1.29, 1.82) is 0 Å². The summed E-state index contributed by atoms with van der Waals surface area (Å²) in [5.74, 6) is -0.329. The molecule has 0 radical (unpaired) electrons. The molecule has 3 aromatic rings. The number of nitrogens with one attached hydrogen (secondary N) is 1. The molecule has 182 valence electrons. The van der Waals surface area contributed by atoms with Crippen molar-refractivity contribution in [2.24, 2.45) is 0 Å². The van der Waals surface area contributed by atoms with Crippen molar-refractivity contribution < 1.29 is 14.3 Å². The molecule has 1 unspecified atom stereocenters. The summed E-state index contributed by atoms with van der Waals surface area (Å²) in [4.78, 5) is 26.4. The molecule has 1 N–H and O–H groups in total. The Kier molecular flexibility index (Phi) is 7.93. The van der Waals surface area contributed by atoms with E-state index in [0.29, 0.717) is 31.5 Å². The standard InChI is InChI=1S/C29H32N2O3S/c1-19-14-20(2)27(21(3)15-19)35-31-18-25-10-6-5-9-23(25)17-26(31)28(32)30-13-12-22-8-7-11-24(16-22)29(33)34-4/h5-11,14-16,26H,12-13,17-18H2,1-4H3,(H,30,32). The van der Waals surface area contributed by atoms with Crippen LogP contribution in [0.4, 0.5) is 0 Å². The Bertz CT molecular complexity index is 1220. The Morgan fingerprint density at radius 2 is 1.71 bits per heavy atom. The van der Waals surface area contributed by atoms with Crippen LogP contribution in [0.5, 0.6) is 0 Å². The zero-order valence-electron chi connectivity index (χ0n) is 20.8. The molecule has 1 aliphatic rings. The predicted octanol–water partition coefficient (Wildman–Crippen LogP) is 5.19. The number of amides is 1. The van der Waals surface area contributed by atoms with Gasteiger partial charge in [-0.1, -0.05) is 54.1 Å². The predicted molar refractivity (Wildman–Crippen MR) is 140 cm³/mol. The van der Waals surface area contributed by atoms with E-state index in [0.717, 1.165) is 5.56 Å². The molecule has 0 aromatic heterocycles. The summed E-state index contributed by atoms with van der Waals surface area (Å²) in [6.07, 6.45) is 1.32. The maximum absolute atomic E-state index is 13.4. The zero-order valence-corrected chi connectivity index (χ0v) is 21.6. The molecule has 1 aliphatic heterocycles. The van der Waals surface area contributed by atoms with Crippen LogP contribution >= 0.6 is 11.9 Å². The first-order chi connectivity index (χ1) is 16.9. The minimum Gasteiger partial charge on any atom is -0.465 e. The smallest absolute Gasteiger partial charge is 0.337 e. The van der Waals surface area contributed by atoms with E-state index in [1.807, 2.05) is 24.3 Å². The molecule has 4 rings (SSSR count). The lowest BCUT2D eigenvalue weighted by atomic mass is 9.95. The Hall–Kier alpha value is -3.09. The number of rotatable bonds is 7. The van der Waals surface area contributed by atoms with Gasteiger partial charge in [0.25, 0.3) is 0 Å². The molecule has 35 heavy (non-hydrogen) atoms. The third kappa shape index (κ3) is 5.95. The first-order valence-corrected chi connectivity index (χ1v) is 12.7. The Balaban J connectivity index is 1.48. The maximum Gasteiger partial charge on any atom is 0.337 e. The van der Waals surface area contributed by atoms with E-state index in [1.54, 1.807) is 18.0 Å². The summed E-state index contributed by atoms with van der Waals surface area (Å²) in [5, 5.41) is 3.14. The fourth-order valence-electron chi connectivity index (χ4n) is 4.67. The molecule has 0 saturated heterocycles. The van der Waals surface area contributed by atoms with Crippen molar-refractivity contribution in [1.82, 2.24) is 9.62 Å². The summed E-state index contributed by atoms with van der Waals surface area (Å²) < 4.78 is 7.03. The number of nitrogens with zero attached hydrogens (tertiary/aromatic N) is 1. The highest BCUT2D eigenvalue weighted by atomic mass is 32.2. The Morgan fingerprint density at radius 3 is 2.43 bits per heavy atom. The number of carbonyl (C=O) groups is 2. The number of fused-ring (bicyclic) bond motifs is 1. The number of methoxy groups -OCH3 is 1. The number of ether oxygens (including phenoxy) is 1. The molecule has 0 fully saturated rings. The van der Waals surface area contributed by atoms with Crippen LogP contribution < -0.4 is 5.32 Å². The van der Waals surface area contributed by atoms with Crippen molar-refractivity contribution in [3.05, 3.63) is 99.6 Å². The van der Waals surface area contributed by atoms with E-state index in [-0.39, 0.29) is 17.9 Å². The maximum atomic E-state index is 13.4. The van der Waals surface area contributed by atoms with E-state index in [4.69, 9.17) is 4.74 Å². The molecule has 1 atom stereocenters. The number of benzene rings is 3. The van der Waals surface area contributed by atoms with Gasteiger partial charge in [-0.05, 0) is 85.5 Å². The molecule has 5 nitrogen and oxygen atoms in total. The van der Waals surface area contributed by atoms with Crippen LogP contribution in [0.3, 0.4) is 0 Å². The molecule has 0 saturated carbocycles. The highest BCUT2D eigenvalue weighted by molar-refractivity contribution is 7.97. The topological polar surface area (TPSA) is 58.6 Å². The highest BCUT2D eigenvalue weighted by Gasteiger charge is 2.32. The molecular weight excluding hydrogens is 456 g/mol. The third-order valence-corrected chi connectivity index (χ3v) is 7.83. The van der Waals surface area contributed by atoms with Gasteiger partial charge in [0.15, 0.2) is 0 Å². The van der Waals surface area contributed by atoms with Crippen LogP contribution in [0.25, 0.3) is 0 Å². The molecule has 0 aliphatic carbocycles. The van der Waals surface area contributed by atoms with E-state index < -0.39 is 0 Å². The average molecular weight is 489 g/mol. The molecule has 6 heteroatoms. The van der Waals surface area contributed by atoms with Crippen molar-refractivity contribution in [2.45, 2.75) is 51.1 Å². The van der Waals surface area contributed by atoms with Crippen LogP contribution in [0.15, 0.2) is 65.6 Å². The SMILES string of the molecule is COC(=O)c1cccc(CCNC(=O)C2Cc3ccccc3CN2Sc2c(C)cc(C)cc2C)c1. The van der Waals surface area contributed by atoms with Gasteiger partial charge in [-0.3, -0.25) is 4.79 Å². The Morgan fingerprint density at radius 1 is 1.00 bits per heavy atom. The molecule has 0 spiro atoms. The van der Waals surface area contributed by atoms with Crippen LogP contribution in [0, 0.1) is 20.8 Å². The molecule has 3 aromatic carbocycles. The van der Waals surface area contributed by atoms with Gasteiger partial charge in [-0.15, -0.1) is 0 Å². The van der Waals surface area contributed by atoms with Gasteiger partial charge in [0.05, 0.1) is 12.7 Å². The van der Waals surface area contributed by atoms with Gasteiger partial charge in [-0.2, -0.15) is 0 Å². The molecule has 0 bridgehead atoms. The second-order valence-corrected chi connectivity index (χ2v) is 10.2. The lowest BCUT2D eigenvalue weighted by Crippen LogP contribution is -2.47. The monoisotopic (exact) mass is 488 g/mol. The number of aryl methyl sites for hydroxylation is 3. The van der Waals surface area contributed by atoms with E-state index in [1.165, 1.54) is 39.8 Å². The first kappa shape index (κ1) is 25.0. The molecular formula is C29H32N2O3S. The summed E-state index contributed by atoms with van der Waals surface area (Å²) in [6, 6.07) is 19.9. The first-order valence-electron chi connectivity index (χ1n) is 11.9. The van der Waals surface area contributed by atoms with Crippen LogP contribution in [-0.4, -0.2) is 35.9 Å². The van der Waals surface area contributed by atoms with Gasteiger partial charge >= 0.3 is 5.97 Å². The van der Waals surface area contributed by atoms with Crippen molar-refractivity contribution in [3.8, 4) is 0 Å². The van der Waals surface area contributed by atoms with E-state index in [2.05, 4.69) is 60.7 Å². The zero-order chi connectivity index (χ0) is 24.9. The quantitative estimate of drug-likeness (QED) is 0.366. The fourth-order valence-corrected chi connectivity index (χ4v) is 5.81. The highest BCUT2D eigenvalue weighted by Crippen LogP contribution is 2.36. The van der Waals surface area contributed by atoms with Gasteiger partial charge < -0.3 is 10.1 Å². The largest absolute Gasteiger partial charge is 0.465 e. The summed E-state index contributed by atoms with van der Waals surface area (Å²) >= 11 is 1.69. The second kappa shape index (κ2) is 11.1. The lowest BCUT2D eigenvalue weighted by molar-refractivity contribution is -0.125. The normalized spacial score (nSPS) is 15.4. The van der Waals surface area contributed by atoms with Crippen LogP contribution in [0.2, 0.25) is 0 Å². The van der Waals surface area contributed by atoms with Gasteiger partial charge in [-0.25, -0.2) is 9.10 Å². The van der Waals surface area contributed by atoms with Crippen molar-refractivity contribution >= 4 is 23.8 Å². The van der Waals surface area contributed by atoms with Crippen molar-refractivity contribution in [3.63, 3.8) is 0 Å². The lowest BCUT2D eigenvalue weighted by Gasteiger charge is -2.35. The minimum atomic E-state index is -0.355. The van der Waals surface area contributed by atoms with Gasteiger partial charge in [0.2, 0.25) is 5.91 Å². The number of esters is 1. The summed E-state index contributed by atoms with van der Waals surface area (Å²) in [5.41, 5.74) is 7.72. The van der Waals surface area contributed by atoms with E-state index >= 15 is 0 Å². The molecule has 1 amide bonds. The third-order valence-electron chi connectivity index (χ3n) is 6.38.